The van der Waals surface area contributed by atoms with Crippen molar-refractivity contribution in [2.45, 2.75) is 5.16 Å². The van der Waals surface area contributed by atoms with E-state index in [1.165, 1.54) is 16.3 Å². The second kappa shape index (κ2) is 8.53. The Hall–Kier alpha value is -2.41. The summed E-state index contributed by atoms with van der Waals surface area (Å²) in [4.78, 5) is 30.5. The molecule has 1 aromatic heterocycles. The first kappa shape index (κ1) is 19.9. The van der Waals surface area contributed by atoms with Crippen LogP contribution in [0, 0.1) is 0 Å². The molecule has 29 heavy (non-hydrogen) atoms. The number of carbonyl (C=O) groups excluding carboxylic acids is 1. The minimum Gasteiger partial charge on any atom is -0.293 e. The van der Waals surface area contributed by atoms with Crippen LogP contribution in [0.5, 0.6) is 0 Å². The third-order valence-electron chi connectivity index (χ3n) is 4.34. The Morgan fingerprint density at radius 3 is 2.45 bits per heavy atom. The van der Waals surface area contributed by atoms with Crippen LogP contribution in [0.25, 0.3) is 16.6 Å². The van der Waals surface area contributed by atoms with Crippen LogP contribution in [0.2, 0.25) is 5.02 Å². The van der Waals surface area contributed by atoms with Crippen molar-refractivity contribution in [1.29, 1.82) is 0 Å². The molecule has 0 fully saturated rings. The lowest BCUT2D eigenvalue weighted by molar-refractivity contribution is 0.102. The van der Waals surface area contributed by atoms with Gasteiger partial charge in [0.2, 0.25) is 0 Å². The van der Waals surface area contributed by atoms with Gasteiger partial charge >= 0.3 is 0 Å². The molecular weight excluding hydrogens is 472 g/mol. The third-order valence-corrected chi connectivity index (χ3v) is 6.12. The van der Waals surface area contributed by atoms with E-state index >= 15 is 0 Å². The van der Waals surface area contributed by atoms with E-state index in [9.17, 15) is 9.59 Å². The summed E-state index contributed by atoms with van der Waals surface area (Å²) in [6.07, 6.45) is 0. The Labute approximate surface area is 184 Å². The summed E-state index contributed by atoms with van der Waals surface area (Å²) in [5.74, 6) is 0.104. The number of hydrogen-bond donors (Lipinski definition) is 0. The van der Waals surface area contributed by atoms with Gasteiger partial charge in [0, 0.05) is 10.0 Å². The highest BCUT2D eigenvalue weighted by Crippen LogP contribution is 2.26. The van der Waals surface area contributed by atoms with E-state index in [0.29, 0.717) is 32.3 Å². The molecule has 1 heterocycles. The fourth-order valence-corrected chi connectivity index (χ4v) is 4.29. The number of nitrogens with zero attached hydrogens (tertiary/aromatic N) is 2. The second-order valence-electron chi connectivity index (χ2n) is 6.22. The van der Waals surface area contributed by atoms with Crippen LogP contribution in [0.1, 0.15) is 10.4 Å². The van der Waals surface area contributed by atoms with Crippen molar-refractivity contribution in [2.24, 2.45) is 0 Å². The number of fused-ring (bicyclic) bond motifs is 1. The number of rotatable bonds is 5. The van der Waals surface area contributed by atoms with Crippen molar-refractivity contribution in [3.63, 3.8) is 0 Å². The average molecular weight is 486 g/mol. The van der Waals surface area contributed by atoms with Crippen molar-refractivity contribution >= 4 is 56.0 Å². The lowest BCUT2D eigenvalue weighted by atomic mass is 10.2. The molecule has 144 valence electrons. The smallest absolute Gasteiger partial charge is 0.266 e. The van der Waals surface area contributed by atoms with Crippen molar-refractivity contribution in [3.05, 3.63) is 98.2 Å². The van der Waals surface area contributed by atoms with Gasteiger partial charge in [0.1, 0.15) is 0 Å². The first-order valence-electron chi connectivity index (χ1n) is 8.73. The van der Waals surface area contributed by atoms with E-state index in [2.05, 4.69) is 20.9 Å². The first-order chi connectivity index (χ1) is 14.0. The van der Waals surface area contributed by atoms with Gasteiger partial charge in [-0.2, -0.15) is 0 Å². The summed E-state index contributed by atoms with van der Waals surface area (Å²) in [6.45, 7) is 0. The van der Waals surface area contributed by atoms with Gasteiger partial charge in [-0.15, -0.1) is 0 Å². The Morgan fingerprint density at radius 1 is 1.00 bits per heavy atom. The van der Waals surface area contributed by atoms with Crippen LogP contribution < -0.4 is 5.56 Å². The predicted octanol–water partition coefficient (Wildman–Crippen LogP) is 5.78. The highest BCUT2D eigenvalue weighted by atomic mass is 79.9. The van der Waals surface area contributed by atoms with Crippen LogP contribution >= 0.6 is 39.3 Å². The van der Waals surface area contributed by atoms with Crippen molar-refractivity contribution in [2.75, 3.05) is 5.75 Å². The van der Waals surface area contributed by atoms with E-state index in [-0.39, 0.29) is 17.1 Å². The number of thioether (sulfide) groups is 1. The molecule has 4 nitrogen and oxygen atoms in total. The van der Waals surface area contributed by atoms with Crippen LogP contribution in [0.15, 0.2) is 87.2 Å². The second-order valence-corrected chi connectivity index (χ2v) is 8.49. The van der Waals surface area contributed by atoms with Gasteiger partial charge in [-0.3, -0.25) is 14.2 Å². The molecule has 7 heteroatoms. The van der Waals surface area contributed by atoms with E-state index in [1.54, 1.807) is 48.5 Å². The molecule has 4 rings (SSSR count). The normalized spacial score (nSPS) is 11.0. The fourth-order valence-electron chi connectivity index (χ4n) is 2.90. The number of halogens is 2. The van der Waals surface area contributed by atoms with Gasteiger partial charge in [-0.25, -0.2) is 4.98 Å². The lowest BCUT2D eigenvalue weighted by Gasteiger charge is -2.14. The number of hydrogen-bond acceptors (Lipinski definition) is 4. The van der Waals surface area contributed by atoms with Crippen molar-refractivity contribution in [1.82, 2.24) is 9.55 Å². The zero-order valence-corrected chi connectivity index (χ0v) is 18.2. The van der Waals surface area contributed by atoms with Crippen LogP contribution in [-0.2, 0) is 0 Å². The summed E-state index contributed by atoms with van der Waals surface area (Å²) < 4.78 is 2.38. The molecule has 0 N–H and O–H groups in total. The molecule has 0 bridgehead atoms. The Bertz CT molecular complexity index is 1270. The van der Waals surface area contributed by atoms with Crippen molar-refractivity contribution in [3.8, 4) is 5.69 Å². The molecule has 0 spiro atoms. The maximum Gasteiger partial charge on any atom is 0.266 e. The zero-order chi connectivity index (χ0) is 20.4. The van der Waals surface area contributed by atoms with E-state index in [0.717, 1.165) is 4.47 Å². The quantitative estimate of drug-likeness (QED) is 0.204. The number of carbonyl (C=O) groups is 1. The first-order valence-corrected chi connectivity index (χ1v) is 10.9. The highest BCUT2D eigenvalue weighted by molar-refractivity contribution is 9.10. The maximum absolute atomic E-state index is 13.2. The molecule has 0 atom stereocenters. The number of aromatic nitrogens is 2. The minimum absolute atomic E-state index is 0.0457. The third kappa shape index (κ3) is 4.15. The zero-order valence-electron chi connectivity index (χ0n) is 15.0. The Kier molecular flexibility index (Phi) is 5.85. The molecule has 0 amide bonds. The average Bonchev–Trinajstić information content (AvgIpc) is 2.73. The molecule has 0 aliphatic carbocycles. The number of ketones is 1. The van der Waals surface area contributed by atoms with Gasteiger partial charge in [0.15, 0.2) is 10.9 Å². The SMILES string of the molecule is O=C(CSc1nc2ccccc2c(=O)n1-c1ccccc1Cl)c1ccc(Br)cc1. The molecule has 0 unspecified atom stereocenters. The van der Waals surface area contributed by atoms with Gasteiger partial charge in [-0.1, -0.05) is 75.7 Å². The summed E-state index contributed by atoms with van der Waals surface area (Å²) in [5.41, 5.74) is 1.51. The summed E-state index contributed by atoms with van der Waals surface area (Å²) in [5, 5.41) is 1.36. The van der Waals surface area contributed by atoms with Crippen molar-refractivity contribution < 1.29 is 4.79 Å². The number of para-hydroxylation sites is 2. The van der Waals surface area contributed by atoms with Crippen LogP contribution in [0.4, 0.5) is 0 Å². The summed E-state index contributed by atoms with van der Waals surface area (Å²) in [7, 11) is 0. The Morgan fingerprint density at radius 2 is 1.69 bits per heavy atom. The van der Waals surface area contributed by atoms with E-state index < -0.39 is 0 Å². The van der Waals surface area contributed by atoms with Gasteiger partial charge < -0.3 is 0 Å². The monoisotopic (exact) mass is 484 g/mol. The van der Waals surface area contributed by atoms with Crippen LogP contribution in [0.3, 0.4) is 0 Å². The molecule has 0 aliphatic heterocycles. The van der Waals surface area contributed by atoms with Crippen LogP contribution in [-0.4, -0.2) is 21.1 Å². The molecular formula is C22H14BrClN2O2S. The lowest BCUT2D eigenvalue weighted by Crippen LogP contribution is -2.22. The Balaban J connectivity index is 1.77. The predicted molar refractivity (Wildman–Crippen MR) is 122 cm³/mol. The van der Waals surface area contributed by atoms with Gasteiger partial charge in [-0.05, 0) is 36.4 Å². The molecule has 0 saturated carbocycles. The maximum atomic E-state index is 13.2. The largest absolute Gasteiger partial charge is 0.293 e. The van der Waals surface area contributed by atoms with Gasteiger partial charge in [0.05, 0.1) is 27.4 Å². The summed E-state index contributed by atoms with van der Waals surface area (Å²) >= 11 is 10.9. The molecule has 0 aliphatic rings. The molecule has 4 aromatic rings. The molecule has 0 saturated heterocycles. The van der Waals surface area contributed by atoms with E-state index in [1.807, 2.05) is 24.3 Å². The topological polar surface area (TPSA) is 52.0 Å². The standard InChI is InChI=1S/C22H14BrClN2O2S/c23-15-11-9-14(10-12-15)20(27)13-29-22-25-18-7-3-1-5-16(18)21(28)26(22)19-8-4-2-6-17(19)24/h1-12H,13H2. The number of benzene rings is 3. The molecule has 3 aromatic carbocycles. The highest BCUT2D eigenvalue weighted by Gasteiger charge is 2.17. The van der Waals surface area contributed by atoms with Gasteiger partial charge in [0.25, 0.3) is 5.56 Å². The molecule has 0 radical (unpaired) electrons. The summed E-state index contributed by atoms with van der Waals surface area (Å²) in [6, 6.07) is 21.4. The fraction of sp³-hybridized carbons (Fsp3) is 0.0455. The van der Waals surface area contributed by atoms with E-state index in [4.69, 9.17) is 11.6 Å². The minimum atomic E-state index is -0.220. The number of Topliss-reactive ketones (excluding diaryl/α,β-unsaturated/α-hetero) is 1.